The summed E-state index contributed by atoms with van der Waals surface area (Å²) in [5, 5.41) is 0. The number of rotatable bonds is 4. The second-order valence-corrected chi connectivity index (χ2v) is 4.69. The molecule has 94 valence electrons. The maximum Gasteiger partial charge on any atom is 0.0598 e. The number of halogens is 1. The van der Waals surface area contributed by atoms with Crippen molar-refractivity contribution < 1.29 is 0 Å². The summed E-state index contributed by atoms with van der Waals surface area (Å²) in [6.45, 7) is 2.90. The Morgan fingerprint density at radius 2 is 2.06 bits per heavy atom. The fraction of sp³-hybridized carbons (Fsp3) is 0.267. The van der Waals surface area contributed by atoms with Crippen LogP contribution in [0.4, 0.5) is 5.69 Å². The van der Waals surface area contributed by atoms with Gasteiger partial charge in [-0.2, -0.15) is 0 Å². The number of aromatic nitrogens is 1. The van der Waals surface area contributed by atoms with E-state index in [-0.39, 0.29) is 0 Å². The van der Waals surface area contributed by atoms with E-state index >= 15 is 0 Å². The molecule has 0 saturated heterocycles. The van der Waals surface area contributed by atoms with E-state index < -0.39 is 0 Å². The molecule has 0 aliphatic carbocycles. The monoisotopic (exact) mass is 260 g/mol. The predicted molar refractivity (Wildman–Crippen MR) is 77.1 cm³/mol. The Kier molecular flexibility index (Phi) is 4.21. The summed E-state index contributed by atoms with van der Waals surface area (Å²) < 4.78 is 0. The van der Waals surface area contributed by atoms with Gasteiger partial charge in [0.2, 0.25) is 0 Å². The molecule has 0 N–H and O–H groups in total. The minimum atomic E-state index is 0.566. The number of pyridine rings is 1. The second kappa shape index (κ2) is 5.87. The molecular formula is C15H17ClN2. The van der Waals surface area contributed by atoms with Crippen LogP contribution in [0, 0.1) is 6.92 Å². The molecule has 0 radical (unpaired) electrons. The lowest BCUT2D eigenvalue weighted by Gasteiger charge is -2.20. The average molecular weight is 261 g/mol. The summed E-state index contributed by atoms with van der Waals surface area (Å²) in [6, 6.07) is 12.3. The Morgan fingerprint density at radius 3 is 2.67 bits per heavy atom. The molecule has 0 atom stereocenters. The van der Waals surface area contributed by atoms with Gasteiger partial charge in [-0.1, -0.05) is 12.1 Å². The zero-order valence-electron chi connectivity index (χ0n) is 10.7. The summed E-state index contributed by atoms with van der Waals surface area (Å²) in [6.07, 6.45) is 1.82. The van der Waals surface area contributed by atoms with Crippen LogP contribution in [0.25, 0.3) is 0 Å². The number of nitrogens with zero attached hydrogens (tertiary/aromatic N) is 2. The van der Waals surface area contributed by atoms with Gasteiger partial charge in [-0.15, -0.1) is 11.6 Å². The lowest BCUT2D eigenvalue weighted by molar-refractivity contribution is 0.884. The van der Waals surface area contributed by atoms with Crippen molar-refractivity contribution in [3.8, 4) is 0 Å². The van der Waals surface area contributed by atoms with Crippen LogP contribution in [0.1, 0.15) is 16.8 Å². The van der Waals surface area contributed by atoms with Crippen molar-refractivity contribution in [2.75, 3.05) is 11.9 Å². The van der Waals surface area contributed by atoms with Gasteiger partial charge in [0.05, 0.1) is 12.2 Å². The Bertz CT molecular complexity index is 511. The lowest BCUT2D eigenvalue weighted by Crippen LogP contribution is -2.17. The van der Waals surface area contributed by atoms with Crippen LogP contribution >= 0.6 is 11.6 Å². The number of hydrogen-bond acceptors (Lipinski definition) is 2. The molecule has 2 rings (SSSR count). The fourth-order valence-electron chi connectivity index (χ4n) is 1.89. The Hall–Kier alpha value is -1.54. The molecule has 1 aromatic carbocycles. The van der Waals surface area contributed by atoms with Gasteiger partial charge in [0.15, 0.2) is 0 Å². The Labute approximate surface area is 113 Å². The summed E-state index contributed by atoms with van der Waals surface area (Å²) in [5.74, 6) is 0.566. The molecule has 0 fully saturated rings. The van der Waals surface area contributed by atoms with Crippen molar-refractivity contribution in [2.24, 2.45) is 0 Å². The minimum Gasteiger partial charge on any atom is -0.369 e. The summed E-state index contributed by atoms with van der Waals surface area (Å²) in [7, 11) is 2.07. The quantitative estimate of drug-likeness (QED) is 0.778. The first-order valence-electron chi connectivity index (χ1n) is 5.97. The first-order valence-corrected chi connectivity index (χ1v) is 6.50. The predicted octanol–water partition coefficient (Wildman–Crippen LogP) is 3.77. The SMILES string of the molecule is Cc1cc(N(C)Cc2ccccn2)ccc1CCl. The topological polar surface area (TPSA) is 16.1 Å². The largest absolute Gasteiger partial charge is 0.369 e. The van der Waals surface area contributed by atoms with Crippen molar-refractivity contribution in [3.63, 3.8) is 0 Å². The number of benzene rings is 1. The van der Waals surface area contributed by atoms with Crippen LogP contribution in [0.2, 0.25) is 0 Å². The van der Waals surface area contributed by atoms with Crippen molar-refractivity contribution in [2.45, 2.75) is 19.3 Å². The van der Waals surface area contributed by atoms with Crippen LogP contribution in [0.5, 0.6) is 0 Å². The second-order valence-electron chi connectivity index (χ2n) is 4.42. The maximum absolute atomic E-state index is 5.87. The van der Waals surface area contributed by atoms with Crippen LogP contribution in [-0.4, -0.2) is 12.0 Å². The van der Waals surface area contributed by atoms with Crippen molar-refractivity contribution in [1.29, 1.82) is 0 Å². The van der Waals surface area contributed by atoms with Gasteiger partial charge in [0, 0.05) is 24.8 Å². The zero-order valence-corrected chi connectivity index (χ0v) is 11.5. The van der Waals surface area contributed by atoms with Gasteiger partial charge < -0.3 is 4.90 Å². The number of alkyl halides is 1. The molecular weight excluding hydrogens is 244 g/mol. The van der Waals surface area contributed by atoms with E-state index in [9.17, 15) is 0 Å². The molecule has 2 nitrogen and oxygen atoms in total. The van der Waals surface area contributed by atoms with Gasteiger partial charge in [-0.3, -0.25) is 4.98 Å². The van der Waals surface area contributed by atoms with Crippen LogP contribution in [-0.2, 0) is 12.4 Å². The van der Waals surface area contributed by atoms with Gasteiger partial charge >= 0.3 is 0 Å². The number of hydrogen-bond donors (Lipinski definition) is 0. The summed E-state index contributed by atoms with van der Waals surface area (Å²) in [5.41, 5.74) is 4.67. The van der Waals surface area contributed by atoms with Crippen molar-refractivity contribution in [3.05, 3.63) is 59.4 Å². The molecule has 0 aliphatic rings. The van der Waals surface area contributed by atoms with Crippen LogP contribution in [0.15, 0.2) is 42.6 Å². The van der Waals surface area contributed by atoms with Gasteiger partial charge in [0.25, 0.3) is 0 Å². The maximum atomic E-state index is 5.87. The molecule has 0 saturated carbocycles. The van der Waals surface area contributed by atoms with Crippen molar-refractivity contribution >= 4 is 17.3 Å². The molecule has 0 unspecified atom stereocenters. The lowest BCUT2D eigenvalue weighted by atomic mass is 10.1. The molecule has 1 aromatic heterocycles. The van der Waals surface area contributed by atoms with E-state index in [4.69, 9.17) is 11.6 Å². The third-order valence-electron chi connectivity index (χ3n) is 3.04. The standard InChI is InChI=1S/C15H17ClN2/c1-12-9-15(7-6-13(12)10-16)18(2)11-14-5-3-4-8-17-14/h3-9H,10-11H2,1-2H3. The highest BCUT2D eigenvalue weighted by Gasteiger charge is 2.05. The highest BCUT2D eigenvalue weighted by molar-refractivity contribution is 6.17. The molecule has 18 heavy (non-hydrogen) atoms. The smallest absolute Gasteiger partial charge is 0.0598 e. The third kappa shape index (κ3) is 3.02. The molecule has 1 heterocycles. The molecule has 0 amide bonds. The molecule has 0 bridgehead atoms. The highest BCUT2D eigenvalue weighted by atomic mass is 35.5. The third-order valence-corrected chi connectivity index (χ3v) is 3.32. The zero-order chi connectivity index (χ0) is 13.0. The number of anilines is 1. The van der Waals surface area contributed by atoms with E-state index in [1.165, 1.54) is 16.8 Å². The van der Waals surface area contributed by atoms with E-state index in [0.29, 0.717) is 5.88 Å². The van der Waals surface area contributed by atoms with Gasteiger partial charge in [0.1, 0.15) is 0 Å². The molecule has 2 aromatic rings. The van der Waals surface area contributed by atoms with Gasteiger partial charge in [-0.25, -0.2) is 0 Å². The minimum absolute atomic E-state index is 0.566. The first-order chi connectivity index (χ1) is 8.70. The number of aryl methyl sites for hydroxylation is 1. The highest BCUT2D eigenvalue weighted by Crippen LogP contribution is 2.20. The van der Waals surface area contributed by atoms with E-state index in [2.05, 4.69) is 42.1 Å². The van der Waals surface area contributed by atoms with Crippen LogP contribution in [0.3, 0.4) is 0 Å². The van der Waals surface area contributed by atoms with E-state index in [0.717, 1.165) is 12.2 Å². The van der Waals surface area contributed by atoms with E-state index in [1.54, 1.807) is 0 Å². The Morgan fingerprint density at radius 1 is 1.22 bits per heavy atom. The summed E-state index contributed by atoms with van der Waals surface area (Å²) in [4.78, 5) is 6.53. The van der Waals surface area contributed by atoms with Crippen LogP contribution < -0.4 is 4.90 Å². The van der Waals surface area contributed by atoms with E-state index in [1.807, 2.05) is 24.4 Å². The molecule has 0 spiro atoms. The Balaban J connectivity index is 2.14. The average Bonchev–Trinajstić information content (AvgIpc) is 2.39. The van der Waals surface area contributed by atoms with Crippen molar-refractivity contribution in [1.82, 2.24) is 4.98 Å². The summed E-state index contributed by atoms with van der Waals surface area (Å²) >= 11 is 5.87. The first kappa shape index (κ1) is 12.9. The normalized spacial score (nSPS) is 10.4. The molecule has 0 aliphatic heterocycles. The van der Waals surface area contributed by atoms with Gasteiger partial charge in [-0.05, 0) is 42.3 Å². The molecule has 3 heteroatoms. The fourth-order valence-corrected chi connectivity index (χ4v) is 2.19.